The number of fused-ring (bicyclic) bond motifs is 1. The van der Waals surface area contributed by atoms with Crippen molar-refractivity contribution in [2.75, 3.05) is 26.2 Å². The normalized spacial score (nSPS) is 46.4. The summed E-state index contributed by atoms with van der Waals surface area (Å²) in [6.45, 7) is 14.1. The van der Waals surface area contributed by atoms with Gasteiger partial charge in [-0.1, -0.05) is 6.92 Å². The van der Waals surface area contributed by atoms with Gasteiger partial charge in [0.15, 0.2) is 0 Å². The monoisotopic (exact) mass is 266 g/mol. The van der Waals surface area contributed by atoms with Crippen LogP contribution in [0.5, 0.6) is 0 Å². The Labute approximate surface area is 118 Å². The van der Waals surface area contributed by atoms with E-state index in [4.69, 9.17) is 4.74 Å². The van der Waals surface area contributed by atoms with Crippen molar-refractivity contribution in [2.24, 2.45) is 11.8 Å². The van der Waals surface area contributed by atoms with Crippen LogP contribution in [0.1, 0.15) is 47.0 Å². The molecular formula is C16H30N2O. The van der Waals surface area contributed by atoms with E-state index in [-0.39, 0.29) is 5.60 Å². The number of hydrogen-bond acceptors (Lipinski definition) is 3. The predicted octanol–water partition coefficient (Wildman–Crippen LogP) is 2.26. The van der Waals surface area contributed by atoms with E-state index in [1.807, 2.05) is 0 Å². The molecule has 1 N–H and O–H groups in total. The molecule has 3 aliphatic rings. The summed E-state index contributed by atoms with van der Waals surface area (Å²) in [5, 5.41) is 3.58. The lowest BCUT2D eigenvalue weighted by Crippen LogP contribution is -2.54. The van der Waals surface area contributed by atoms with Gasteiger partial charge in [-0.2, -0.15) is 0 Å². The lowest BCUT2D eigenvalue weighted by atomic mass is 9.83. The molecular weight excluding hydrogens is 236 g/mol. The summed E-state index contributed by atoms with van der Waals surface area (Å²) in [6, 6.07) is 0.722. The van der Waals surface area contributed by atoms with Crippen LogP contribution in [0.3, 0.4) is 0 Å². The molecule has 3 heteroatoms. The fourth-order valence-electron chi connectivity index (χ4n) is 4.69. The van der Waals surface area contributed by atoms with Gasteiger partial charge in [0.2, 0.25) is 0 Å². The van der Waals surface area contributed by atoms with E-state index in [2.05, 4.69) is 37.9 Å². The minimum absolute atomic E-state index is 0.106. The number of hydrogen-bond donors (Lipinski definition) is 1. The molecule has 3 fully saturated rings. The molecule has 4 unspecified atom stereocenters. The van der Waals surface area contributed by atoms with Gasteiger partial charge < -0.3 is 10.1 Å². The molecule has 0 aliphatic carbocycles. The Morgan fingerprint density at radius 3 is 2.74 bits per heavy atom. The molecule has 3 nitrogen and oxygen atoms in total. The maximum atomic E-state index is 6.03. The maximum absolute atomic E-state index is 6.03. The summed E-state index contributed by atoms with van der Waals surface area (Å²) in [7, 11) is 0. The highest BCUT2D eigenvalue weighted by Crippen LogP contribution is 2.44. The SMILES string of the molecule is CCC1(C)CC(N2CC3CNCC3C2(C)C)CCO1. The van der Waals surface area contributed by atoms with Gasteiger partial charge in [0.1, 0.15) is 0 Å². The number of likely N-dealkylation sites (tertiary alicyclic amines) is 1. The fourth-order valence-corrected chi connectivity index (χ4v) is 4.69. The summed E-state index contributed by atoms with van der Waals surface area (Å²) in [5.41, 5.74) is 0.458. The molecule has 3 heterocycles. The highest BCUT2D eigenvalue weighted by atomic mass is 16.5. The Morgan fingerprint density at radius 2 is 2.05 bits per heavy atom. The van der Waals surface area contributed by atoms with Crippen LogP contribution in [0.4, 0.5) is 0 Å². The van der Waals surface area contributed by atoms with Crippen molar-refractivity contribution in [3.05, 3.63) is 0 Å². The molecule has 0 bridgehead atoms. The zero-order valence-corrected chi connectivity index (χ0v) is 13.0. The summed E-state index contributed by atoms with van der Waals surface area (Å²) >= 11 is 0. The molecule has 0 spiro atoms. The summed E-state index contributed by atoms with van der Waals surface area (Å²) < 4.78 is 6.03. The summed E-state index contributed by atoms with van der Waals surface area (Å²) in [4.78, 5) is 2.82. The van der Waals surface area contributed by atoms with Crippen LogP contribution in [-0.2, 0) is 4.74 Å². The van der Waals surface area contributed by atoms with Crippen molar-refractivity contribution in [3.63, 3.8) is 0 Å². The molecule has 19 heavy (non-hydrogen) atoms. The van der Waals surface area contributed by atoms with E-state index in [1.165, 1.54) is 32.5 Å². The molecule has 0 aromatic carbocycles. The van der Waals surface area contributed by atoms with Crippen LogP contribution < -0.4 is 5.32 Å². The third-order valence-corrected chi connectivity index (χ3v) is 6.18. The zero-order valence-electron chi connectivity index (χ0n) is 13.0. The van der Waals surface area contributed by atoms with Crippen LogP contribution in [0.25, 0.3) is 0 Å². The number of nitrogens with zero attached hydrogens (tertiary/aromatic N) is 1. The first-order chi connectivity index (χ1) is 8.96. The third kappa shape index (κ3) is 2.24. The van der Waals surface area contributed by atoms with Gasteiger partial charge in [0.05, 0.1) is 5.60 Å². The number of ether oxygens (including phenoxy) is 1. The molecule has 0 aromatic rings. The van der Waals surface area contributed by atoms with Gasteiger partial charge in [-0.25, -0.2) is 0 Å². The van der Waals surface area contributed by atoms with E-state index in [9.17, 15) is 0 Å². The third-order valence-electron chi connectivity index (χ3n) is 6.18. The second-order valence-electron chi connectivity index (χ2n) is 7.63. The maximum Gasteiger partial charge on any atom is 0.0666 e. The van der Waals surface area contributed by atoms with Gasteiger partial charge in [0.25, 0.3) is 0 Å². The highest BCUT2D eigenvalue weighted by molar-refractivity contribution is 5.07. The van der Waals surface area contributed by atoms with Crippen LogP contribution in [0.15, 0.2) is 0 Å². The molecule has 0 amide bonds. The highest BCUT2D eigenvalue weighted by Gasteiger charge is 2.52. The van der Waals surface area contributed by atoms with E-state index in [1.54, 1.807) is 0 Å². The quantitative estimate of drug-likeness (QED) is 0.830. The van der Waals surface area contributed by atoms with Gasteiger partial charge in [0, 0.05) is 31.3 Å². The Kier molecular flexibility index (Phi) is 3.43. The zero-order chi connectivity index (χ0) is 13.7. The number of nitrogens with one attached hydrogen (secondary N) is 1. The number of rotatable bonds is 2. The molecule has 3 saturated heterocycles. The average Bonchev–Trinajstić information content (AvgIpc) is 2.92. The first kappa shape index (κ1) is 13.8. The van der Waals surface area contributed by atoms with Crippen molar-refractivity contribution < 1.29 is 4.74 Å². The lowest BCUT2D eigenvalue weighted by Gasteiger charge is -2.47. The van der Waals surface area contributed by atoms with Gasteiger partial charge in [-0.05, 0) is 58.4 Å². The molecule has 3 rings (SSSR count). The molecule has 3 aliphatic heterocycles. The van der Waals surface area contributed by atoms with Crippen LogP contribution in [0.2, 0.25) is 0 Å². The van der Waals surface area contributed by atoms with Crippen LogP contribution >= 0.6 is 0 Å². The fraction of sp³-hybridized carbons (Fsp3) is 1.00. The molecule has 4 atom stereocenters. The largest absolute Gasteiger partial charge is 0.375 e. The molecule has 0 aromatic heterocycles. The Bertz CT molecular complexity index is 344. The van der Waals surface area contributed by atoms with Crippen molar-refractivity contribution in [3.8, 4) is 0 Å². The van der Waals surface area contributed by atoms with Crippen LogP contribution in [0, 0.1) is 11.8 Å². The first-order valence-corrected chi connectivity index (χ1v) is 8.08. The van der Waals surface area contributed by atoms with Gasteiger partial charge in [-0.15, -0.1) is 0 Å². The second kappa shape index (κ2) is 4.71. The molecule has 0 saturated carbocycles. The Balaban J connectivity index is 1.75. The van der Waals surface area contributed by atoms with Crippen molar-refractivity contribution in [1.82, 2.24) is 10.2 Å². The van der Waals surface area contributed by atoms with E-state index < -0.39 is 0 Å². The molecule has 0 radical (unpaired) electrons. The van der Waals surface area contributed by atoms with Crippen LogP contribution in [-0.4, -0.2) is 48.3 Å². The van der Waals surface area contributed by atoms with E-state index >= 15 is 0 Å². The average molecular weight is 266 g/mol. The molecule has 110 valence electrons. The van der Waals surface area contributed by atoms with Crippen molar-refractivity contribution in [1.29, 1.82) is 0 Å². The summed E-state index contributed by atoms with van der Waals surface area (Å²) in [6.07, 6.45) is 3.55. The smallest absolute Gasteiger partial charge is 0.0666 e. The van der Waals surface area contributed by atoms with E-state index in [0.29, 0.717) is 5.54 Å². The second-order valence-corrected chi connectivity index (χ2v) is 7.63. The van der Waals surface area contributed by atoms with Gasteiger partial charge >= 0.3 is 0 Å². The summed E-state index contributed by atoms with van der Waals surface area (Å²) in [5.74, 6) is 1.70. The lowest BCUT2D eigenvalue weighted by molar-refractivity contribution is -0.106. The standard InChI is InChI=1S/C16H30N2O/c1-5-16(4)8-13(6-7-19-16)18-11-12-9-17-10-14(12)15(18,2)3/h12-14,17H,5-11H2,1-4H3. The topological polar surface area (TPSA) is 24.5 Å². The van der Waals surface area contributed by atoms with Gasteiger partial charge in [-0.3, -0.25) is 4.90 Å². The van der Waals surface area contributed by atoms with Crippen molar-refractivity contribution >= 4 is 0 Å². The van der Waals surface area contributed by atoms with Crippen molar-refractivity contribution in [2.45, 2.75) is 64.1 Å². The Hall–Kier alpha value is -0.120. The van der Waals surface area contributed by atoms with E-state index in [0.717, 1.165) is 30.9 Å². The predicted molar refractivity (Wildman–Crippen MR) is 78.3 cm³/mol. The first-order valence-electron chi connectivity index (χ1n) is 8.08. The minimum atomic E-state index is 0.106. The minimum Gasteiger partial charge on any atom is -0.375 e. The Morgan fingerprint density at radius 1 is 1.26 bits per heavy atom.